The third-order valence-corrected chi connectivity index (χ3v) is 3.10. The van der Waals surface area contributed by atoms with Crippen LogP contribution in [0.1, 0.15) is 31.4 Å². The van der Waals surface area contributed by atoms with Gasteiger partial charge in [-0.15, -0.1) is 0 Å². The lowest BCUT2D eigenvalue weighted by Gasteiger charge is -2.17. The van der Waals surface area contributed by atoms with E-state index in [9.17, 15) is 4.79 Å². The van der Waals surface area contributed by atoms with E-state index < -0.39 is 12.0 Å². The molecule has 0 aliphatic rings. The van der Waals surface area contributed by atoms with Gasteiger partial charge in [0.25, 0.3) is 0 Å². The Bertz CT molecular complexity index is 443. The Kier molecular flexibility index (Phi) is 6.52. The molecule has 1 atom stereocenters. The number of aliphatic carboxylic acids is 1. The van der Waals surface area contributed by atoms with Crippen molar-refractivity contribution in [2.24, 2.45) is 5.92 Å². The molecule has 0 bridgehead atoms. The topological polar surface area (TPSA) is 58.6 Å². The van der Waals surface area contributed by atoms with Crippen LogP contribution in [-0.4, -0.2) is 30.3 Å². The van der Waals surface area contributed by atoms with Crippen LogP contribution in [0.5, 0.6) is 5.75 Å². The van der Waals surface area contributed by atoms with Crippen molar-refractivity contribution in [1.82, 2.24) is 5.32 Å². The van der Waals surface area contributed by atoms with Gasteiger partial charge in [-0.2, -0.15) is 0 Å². The number of carbonyl (C=O) groups is 1. The molecule has 0 saturated heterocycles. The van der Waals surface area contributed by atoms with Gasteiger partial charge in [0.15, 0.2) is 0 Å². The highest BCUT2D eigenvalue weighted by Gasteiger charge is 2.17. The van der Waals surface area contributed by atoms with Crippen LogP contribution in [0.2, 0.25) is 0 Å². The molecule has 4 nitrogen and oxygen atoms in total. The van der Waals surface area contributed by atoms with E-state index in [0.717, 1.165) is 16.9 Å². The van der Waals surface area contributed by atoms with Crippen molar-refractivity contribution in [2.75, 3.05) is 13.2 Å². The highest BCUT2D eigenvalue weighted by molar-refractivity contribution is 5.73. The largest absolute Gasteiger partial charge is 0.492 e. The first-order valence-electron chi connectivity index (χ1n) is 7.06. The fourth-order valence-corrected chi connectivity index (χ4v) is 2.00. The molecular formula is C16H25NO3. The first-order valence-corrected chi connectivity index (χ1v) is 7.06. The molecule has 4 heteroatoms. The summed E-state index contributed by atoms with van der Waals surface area (Å²) in [5, 5.41) is 12.1. The zero-order valence-corrected chi connectivity index (χ0v) is 12.8. The molecule has 2 N–H and O–H groups in total. The van der Waals surface area contributed by atoms with Crippen LogP contribution in [0.4, 0.5) is 0 Å². The Morgan fingerprint density at radius 2 is 2.05 bits per heavy atom. The first-order chi connectivity index (χ1) is 9.40. The van der Waals surface area contributed by atoms with Gasteiger partial charge in [0.05, 0.1) is 0 Å². The van der Waals surface area contributed by atoms with Gasteiger partial charge in [-0.3, -0.25) is 4.79 Å². The lowest BCUT2D eigenvalue weighted by molar-refractivity contribution is -0.139. The maximum Gasteiger partial charge on any atom is 0.320 e. The molecule has 0 fully saturated rings. The number of aryl methyl sites for hydroxylation is 2. The minimum atomic E-state index is -0.801. The number of carboxylic acid groups (broad SMARTS) is 1. The Morgan fingerprint density at radius 3 is 2.65 bits per heavy atom. The molecule has 1 rings (SSSR count). The molecule has 0 heterocycles. The van der Waals surface area contributed by atoms with E-state index in [1.54, 1.807) is 0 Å². The van der Waals surface area contributed by atoms with Crippen molar-refractivity contribution >= 4 is 5.97 Å². The number of hydrogen-bond donors (Lipinski definition) is 2. The minimum absolute atomic E-state index is 0.350. The van der Waals surface area contributed by atoms with Gasteiger partial charge in [-0.1, -0.05) is 26.0 Å². The lowest BCUT2D eigenvalue weighted by atomic mass is 10.0. The first kappa shape index (κ1) is 16.5. The molecule has 20 heavy (non-hydrogen) atoms. The summed E-state index contributed by atoms with van der Waals surface area (Å²) in [6.45, 7) is 9.05. The summed E-state index contributed by atoms with van der Waals surface area (Å²) in [5.41, 5.74) is 2.24. The molecule has 0 aromatic heterocycles. The molecule has 0 radical (unpaired) electrons. The summed E-state index contributed by atoms with van der Waals surface area (Å²) in [6.07, 6.45) is 0.624. The minimum Gasteiger partial charge on any atom is -0.492 e. The van der Waals surface area contributed by atoms with Crippen LogP contribution in [0.25, 0.3) is 0 Å². The lowest BCUT2D eigenvalue weighted by Crippen LogP contribution is -2.39. The SMILES string of the molecule is Cc1ccc(C)c(OCCNC(CC(C)C)C(=O)O)c1. The van der Waals surface area contributed by atoms with E-state index in [1.165, 1.54) is 0 Å². The number of carboxylic acids is 1. The van der Waals surface area contributed by atoms with E-state index in [0.29, 0.717) is 25.5 Å². The second-order valence-corrected chi connectivity index (χ2v) is 5.59. The Labute approximate surface area is 121 Å². The predicted molar refractivity (Wildman–Crippen MR) is 80.3 cm³/mol. The summed E-state index contributed by atoms with van der Waals surface area (Å²) in [5.74, 6) is 0.413. The molecule has 0 aliphatic heterocycles. The monoisotopic (exact) mass is 279 g/mol. The van der Waals surface area contributed by atoms with Crippen LogP contribution in [0.3, 0.4) is 0 Å². The second-order valence-electron chi connectivity index (χ2n) is 5.59. The van der Waals surface area contributed by atoms with Gasteiger partial charge < -0.3 is 15.2 Å². The van der Waals surface area contributed by atoms with Crippen molar-refractivity contribution in [3.05, 3.63) is 29.3 Å². The van der Waals surface area contributed by atoms with Crippen molar-refractivity contribution in [3.8, 4) is 5.75 Å². The van der Waals surface area contributed by atoms with Crippen LogP contribution >= 0.6 is 0 Å². The highest BCUT2D eigenvalue weighted by Crippen LogP contribution is 2.18. The zero-order chi connectivity index (χ0) is 15.1. The van der Waals surface area contributed by atoms with Crippen LogP contribution < -0.4 is 10.1 Å². The molecule has 0 amide bonds. The summed E-state index contributed by atoms with van der Waals surface area (Å²) in [6, 6.07) is 5.57. The third kappa shape index (κ3) is 5.61. The Morgan fingerprint density at radius 1 is 1.35 bits per heavy atom. The van der Waals surface area contributed by atoms with Crippen molar-refractivity contribution < 1.29 is 14.6 Å². The molecule has 0 aliphatic carbocycles. The Balaban J connectivity index is 2.40. The van der Waals surface area contributed by atoms with Crippen molar-refractivity contribution in [2.45, 2.75) is 40.2 Å². The van der Waals surface area contributed by atoms with Gasteiger partial charge in [-0.25, -0.2) is 0 Å². The van der Waals surface area contributed by atoms with Gasteiger partial charge >= 0.3 is 5.97 Å². The summed E-state index contributed by atoms with van der Waals surface area (Å²) in [4.78, 5) is 11.1. The number of benzene rings is 1. The van der Waals surface area contributed by atoms with E-state index in [2.05, 4.69) is 5.32 Å². The summed E-state index contributed by atoms with van der Waals surface area (Å²) in [7, 11) is 0. The van der Waals surface area contributed by atoms with Crippen molar-refractivity contribution in [3.63, 3.8) is 0 Å². The molecule has 0 spiro atoms. The third-order valence-electron chi connectivity index (χ3n) is 3.10. The van der Waals surface area contributed by atoms with Gasteiger partial charge in [0.2, 0.25) is 0 Å². The maximum atomic E-state index is 11.1. The van der Waals surface area contributed by atoms with Crippen LogP contribution in [0, 0.1) is 19.8 Å². The van der Waals surface area contributed by atoms with E-state index in [4.69, 9.17) is 9.84 Å². The number of nitrogens with one attached hydrogen (secondary N) is 1. The molecule has 1 aromatic carbocycles. The zero-order valence-electron chi connectivity index (χ0n) is 12.8. The highest BCUT2D eigenvalue weighted by atomic mass is 16.5. The second kappa shape index (κ2) is 7.90. The molecule has 1 aromatic rings. The molecule has 112 valence electrons. The summed E-state index contributed by atoms with van der Waals surface area (Å²) < 4.78 is 5.70. The number of hydrogen-bond acceptors (Lipinski definition) is 3. The predicted octanol–water partition coefficient (Wildman–Crippen LogP) is 2.77. The average Bonchev–Trinajstić information content (AvgIpc) is 2.36. The molecular weight excluding hydrogens is 254 g/mol. The number of ether oxygens (including phenoxy) is 1. The van der Waals surface area contributed by atoms with E-state index in [-0.39, 0.29) is 0 Å². The normalized spacial score (nSPS) is 12.4. The van der Waals surface area contributed by atoms with Crippen molar-refractivity contribution in [1.29, 1.82) is 0 Å². The maximum absolute atomic E-state index is 11.1. The standard InChI is InChI=1S/C16H25NO3/c1-11(2)9-14(16(18)19)17-7-8-20-15-10-12(3)5-6-13(15)4/h5-6,10-11,14,17H,7-9H2,1-4H3,(H,18,19). The van der Waals surface area contributed by atoms with Crippen LogP contribution in [-0.2, 0) is 4.79 Å². The quantitative estimate of drug-likeness (QED) is 0.718. The van der Waals surface area contributed by atoms with Gasteiger partial charge in [0, 0.05) is 6.54 Å². The van der Waals surface area contributed by atoms with E-state index in [1.807, 2.05) is 45.9 Å². The fraction of sp³-hybridized carbons (Fsp3) is 0.562. The number of rotatable bonds is 8. The molecule has 1 unspecified atom stereocenters. The smallest absolute Gasteiger partial charge is 0.320 e. The van der Waals surface area contributed by atoms with E-state index >= 15 is 0 Å². The molecule has 0 saturated carbocycles. The fourth-order valence-electron chi connectivity index (χ4n) is 2.00. The van der Waals surface area contributed by atoms with Gasteiger partial charge in [0.1, 0.15) is 18.4 Å². The average molecular weight is 279 g/mol. The summed E-state index contributed by atoms with van der Waals surface area (Å²) >= 11 is 0. The Hall–Kier alpha value is -1.55. The van der Waals surface area contributed by atoms with Gasteiger partial charge in [-0.05, 0) is 43.4 Å². The van der Waals surface area contributed by atoms with Crippen LogP contribution in [0.15, 0.2) is 18.2 Å².